The second-order valence-electron chi connectivity index (χ2n) is 5.54. The van der Waals surface area contributed by atoms with Crippen molar-refractivity contribution in [2.45, 2.75) is 26.8 Å². The molecule has 0 saturated carbocycles. The van der Waals surface area contributed by atoms with E-state index in [0.29, 0.717) is 17.4 Å². The van der Waals surface area contributed by atoms with Gasteiger partial charge in [0.2, 0.25) is 0 Å². The standard InChI is InChI=1S/C18H21FN2OS/c1-12-8-9-15(10-13(12)2)22-11-14(3)20-18(23)21-17-7-5-4-6-16(17)19/h4-10,14H,11H2,1-3H3,(H2,20,21,23)/t14-/m1/s1. The van der Waals surface area contributed by atoms with Crippen molar-refractivity contribution in [3.63, 3.8) is 0 Å². The fourth-order valence-corrected chi connectivity index (χ4v) is 2.32. The summed E-state index contributed by atoms with van der Waals surface area (Å²) >= 11 is 5.20. The molecule has 0 radical (unpaired) electrons. The van der Waals surface area contributed by atoms with Gasteiger partial charge in [-0.15, -0.1) is 0 Å². The molecule has 0 unspecified atom stereocenters. The quantitative estimate of drug-likeness (QED) is 0.804. The minimum Gasteiger partial charge on any atom is -0.491 e. The van der Waals surface area contributed by atoms with Gasteiger partial charge in [-0.25, -0.2) is 4.39 Å². The third-order valence-corrected chi connectivity index (χ3v) is 3.70. The average molecular weight is 332 g/mol. The molecule has 0 fully saturated rings. The molecule has 1 atom stereocenters. The summed E-state index contributed by atoms with van der Waals surface area (Å²) < 4.78 is 19.3. The smallest absolute Gasteiger partial charge is 0.171 e. The third kappa shape index (κ3) is 5.21. The van der Waals surface area contributed by atoms with E-state index in [4.69, 9.17) is 17.0 Å². The predicted molar refractivity (Wildman–Crippen MR) is 96.6 cm³/mol. The van der Waals surface area contributed by atoms with Gasteiger partial charge in [0.05, 0.1) is 11.7 Å². The van der Waals surface area contributed by atoms with Crippen LogP contribution in [0.25, 0.3) is 0 Å². The highest BCUT2D eigenvalue weighted by atomic mass is 32.1. The third-order valence-electron chi connectivity index (χ3n) is 3.48. The molecule has 2 aromatic rings. The van der Waals surface area contributed by atoms with Crippen molar-refractivity contribution in [1.29, 1.82) is 0 Å². The van der Waals surface area contributed by atoms with Crippen molar-refractivity contribution in [3.05, 3.63) is 59.4 Å². The summed E-state index contributed by atoms with van der Waals surface area (Å²) in [6.45, 7) is 6.53. The lowest BCUT2D eigenvalue weighted by molar-refractivity contribution is 0.287. The first-order valence-electron chi connectivity index (χ1n) is 7.48. The van der Waals surface area contributed by atoms with E-state index >= 15 is 0 Å². The number of para-hydroxylation sites is 1. The first kappa shape index (κ1) is 17.2. The maximum Gasteiger partial charge on any atom is 0.171 e. The summed E-state index contributed by atoms with van der Waals surface area (Å²) in [7, 11) is 0. The van der Waals surface area contributed by atoms with E-state index < -0.39 is 0 Å². The maximum atomic E-state index is 13.6. The SMILES string of the molecule is Cc1ccc(OC[C@@H](C)NC(=S)Nc2ccccc2F)cc1C. The molecule has 0 aliphatic carbocycles. The Morgan fingerprint density at radius 1 is 1.17 bits per heavy atom. The number of hydrogen-bond acceptors (Lipinski definition) is 2. The number of benzene rings is 2. The minimum absolute atomic E-state index is 0.0108. The summed E-state index contributed by atoms with van der Waals surface area (Å²) in [6.07, 6.45) is 0. The lowest BCUT2D eigenvalue weighted by atomic mass is 10.1. The molecule has 3 nitrogen and oxygen atoms in total. The van der Waals surface area contributed by atoms with Crippen LogP contribution in [-0.4, -0.2) is 17.8 Å². The van der Waals surface area contributed by atoms with Crippen LogP contribution in [0.2, 0.25) is 0 Å². The number of ether oxygens (including phenoxy) is 1. The number of thiocarbonyl (C=S) groups is 1. The van der Waals surface area contributed by atoms with Gasteiger partial charge < -0.3 is 15.4 Å². The molecule has 122 valence electrons. The van der Waals surface area contributed by atoms with E-state index in [1.54, 1.807) is 18.2 Å². The zero-order valence-corrected chi connectivity index (χ0v) is 14.3. The van der Waals surface area contributed by atoms with Gasteiger partial charge in [0.1, 0.15) is 18.2 Å². The number of nitrogens with one attached hydrogen (secondary N) is 2. The van der Waals surface area contributed by atoms with Crippen molar-refractivity contribution in [3.8, 4) is 5.75 Å². The summed E-state index contributed by atoms with van der Waals surface area (Å²) in [5, 5.41) is 6.29. The van der Waals surface area contributed by atoms with Crippen LogP contribution in [0.1, 0.15) is 18.1 Å². The zero-order valence-electron chi connectivity index (χ0n) is 13.5. The summed E-state index contributed by atoms with van der Waals surface area (Å²) in [6, 6.07) is 12.4. The Balaban J connectivity index is 1.82. The van der Waals surface area contributed by atoms with Gasteiger partial charge in [-0.3, -0.25) is 0 Å². The van der Waals surface area contributed by atoms with Gasteiger partial charge in [-0.1, -0.05) is 18.2 Å². The van der Waals surface area contributed by atoms with Crippen LogP contribution < -0.4 is 15.4 Å². The second kappa shape index (κ2) is 7.92. The topological polar surface area (TPSA) is 33.3 Å². The lowest BCUT2D eigenvalue weighted by Gasteiger charge is -2.18. The van der Waals surface area contributed by atoms with E-state index in [9.17, 15) is 4.39 Å². The molecule has 0 aliphatic rings. The number of halogens is 1. The molecule has 0 spiro atoms. The van der Waals surface area contributed by atoms with Gasteiger partial charge in [0.25, 0.3) is 0 Å². The monoisotopic (exact) mass is 332 g/mol. The second-order valence-corrected chi connectivity index (χ2v) is 5.94. The molecule has 2 N–H and O–H groups in total. The number of aryl methyl sites for hydroxylation is 2. The predicted octanol–water partition coefficient (Wildman–Crippen LogP) is 4.20. The lowest BCUT2D eigenvalue weighted by Crippen LogP contribution is -2.39. The maximum absolute atomic E-state index is 13.6. The van der Waals surface area contributed by atoms with Crippen molar-refractivity contribution in [2.75, 3.05) is 11.9 Å². The fourth-order valence-electron chi connectivity index (χ4n) is 2.01. The fraction of sp³-hybridized carbons (Fsp3) is 0.278. The first-order valence-corrected chi connectivity index (χ1v) is 7.88. The molecule has 0 bridgehead atoms. The highest BCUT2D eigenvalue weighted by Crippen LogP contribution is 2.16. The molecule has 0 aliphatic heterocycles. The normalized spacial score (nSPS) is 11.7. The molecule has 2 rings (SSSR count). The minimum atomic E-state index is -0.337. The van der Waals surface area contributed by atoms with Gasteiger partial charge in [-0.2, -0.15) is 0 Å². The van der Waals surface area contributed by atoms with Crippen molar-refractivity contribution < 1.29 is 9.13 Å². The van der Waals surface area contributed by atoms with Crippen molar-refractivity contribution >= 4 is 23.0 Å². The molecule has 0 saturated heterocycles. The van der Waals surface area contributed by atoms with Gasteiger partial charge in [-0.05, 0) is 68.4 Å². The molecular weight excluding hydrogens is 311 g/mol. The van der Waals surface area contributed by atoms with Crippen LogP contribution in [0.5, 0.6) is 5.75 Å². The molecule has 0 aromatic heterocycles. The van der Waals surface area contributed by atoms with E-state index in [1.165, 1.54) is 17.2 Å². The van der Waals surface area contributed by atoms with E-state index in [0.717, 1.165) is 5.75 Å². The average Bonchev–Trinajstić information content (AvgIpc) is 2.51. The van der Waals surface area contributed by atoms with Crippen LogP contribution >= 0.6 is 12.2 Å². The molecule has 2 aromatic carbocycles. The van der Waals surface area contributed by atoms with E-state index in [2.05, 4.69) is 24.5 Å². The molecule has 0 heterocycles. The van der Waals surface area contributed by atoms with Crippen LogP contribution in [-0.2, 0) is 0 Å². The Hall–Kier alpha value is -2.14. The van der Waals surface area contributed by atoms with E-state index in [1.807, 2.05) is 25.1 Å². The molecular formula is C18H21FN2OS. The highest BCUT2D eigenvalue weighted by molar-refractivity contribution is 7.80. The Bertz CT molecular complexity index is 690. The largest absolute Gasteiger partial charge is 0.491 e. The van der Waals surface area contributed by atoms with Crippen LogP contribution in [0.3, 0.4) is 0 Å². The summed E-state index contributed by atoms with van der Waals surface area (Å²) in [5.74, 6) is 0.491. The Morgan fingerprint density at radius 3 is 2.61 bits per heavy atom. The van der Waals surface area contributed by atoms with Crippen molar-refractivity contribution in [2.24, 2.45) is 0 Å². The van der Waals surface area contributed by atoms with Crippen LogP contribution in [0.4, 0.5) is 10.1 Å². The van der Waals surface area contributed by atoms with Gasteiger partial charge >= 0.3 is 0 Å². The number of hydrogen-bond donors (Lipinski definition) is 2. The van der Waals surface area contributed by atoms with Crippen molar-refractivity contribution in [1.82, 2.24) is 5.32 Å². The van der Waals surface area contributed by atoms with Crippen LogP contribution in [0.15, 0.2) is 42.5 Å². The molecule has 23 heavy (non-hydrogen) atoms. The number of anilines is 1. The Kier molecular flexibility index (Phi) is 5.93. The van der Waals surface area contributed by atoms with Gasteiger partial charge in [0, 0.05) is 0 Å². The Morgan fingerprint density at radius 2 is 1.91 bits per heavy atom. The van der Waals surface area contributed by atoms with Crippen LogP contribution in [0, 0.1) is 19.7 Å². The molecule has 5 heteroatoms. The van der Waals surface area contributed by atoms with E-state index in [-0.39, 0.29) is 11.9 Å². The highest BCUT2D eigenvalue weighted by Gasteiger charge is 2.08. The zero-order chi connectivity index (χ0) is 16.8. The first-order chi connectivity index (χ1) is 11.0. The summed E-state index contributed by atoms with van der Waals surface area (Å²) in [4.78, 5) is 0. The number of rotatable bonds is 5. The summed E-state index contributed by atoms with van der Waals surface area (Å²) in [5.41, 5.74) is 2.78. The van der Waals surface area contributed by atoms with Gasteiger partial charge in [0.15, 0.2) is 5.11 Å². The Labute approximate surface area is 141 Å². The molecule has 0 amide bonds.